The van der Waals surface area contributed by atoms with E-state index in [-0.39, 0.29) is 17.5 Å². The van der Waals surface area contributed by atoms with Crippen LogP contribution < -0.4 is 4.74 Å². The number of ether oxygens (including phenoxy) is 2. The Hall–Kier alpha value is -4.33. The van der Waals surface area contributed by atoms with Crippen LogP contribution in [0, 0.1) is 25.2 Å². The van der Waals surface area contributed by atoms with Crippen LogP contribution in [-0.2, 0) is 10.3 Å². The Kier molecular flexibility index (Phi) is 6.13. The zero-order chi connectivity index (χ0) is 27.2. The topological polar surface area (TPSA) is 103 Å². The molecule has 11 heteroatoms. The van der Waals surface area contributed by atoms with Crippen LogP contribution in [0.15, 0.2) is 41.2 Å². The second-order valence-corrected chi connectivity index (χ2v) is 9.37. The smallest absolute Gasteiger partial charge is 0.465 e. The number of halogens is 3. The van der Waals surface area contributed by atoms with Crippen molar-refractivity contribution in [3.8, 4) is 34.1 Å². The Morgan fingerprint density at radius 1 is 1.24 bits per heavy atom. The van der Waals surface area contributed by atoms with Crippen LogP contribution in [-0.4, -0.2) is 34.1 Å². The maximum atomic E-state index is 13.5. The molecule has 0 N–H and O–H groups in total. The summed E-state index contributed by atoms with van der Waals surface area (Å²) in [5.41, 5.74) is 2.52. The number of carbonyl (C=O) groups is 1. The first-order valence-corrected chi connectivity index (χ1v) is 11.9. The number of pyridine rings is 1. The molecule has 1 aliphatic rings. The van der Waals surface area contributed by atoms with E-state index in [0.717, 1.165) is 38.0 Å². The lowest BCUT2D eigenvalue weighted by atomic mass is 9.74. The Balaban J connectivity index is 1.79. The minimum Gasteiger partial charge on any atom is -0.465 e. The first-order chi connectivity index (χ1) is 18.1. The Labute approximate surface area is 215 Å². The van der Waals surface area contributed by atoms with Gasteiger partial charge in [-0.25, -0.2) is 9.78 Å². The normalized spacial score (nSPS) is 14.7. The molecule has 0 atom stereocenters. The lowest BCUT2D eigenvalue weighted by molar-refractivity contribution is -0.274. The molecule has 0 unspecified atom stereocenters. The molecule has 8 nitrogen and oxygen atoms in total. The molecule has 0 aliphatic heterocycles. The predicted octanol–water partition coefficient (Wildman–Crippen LogP) is 6.45. The van der Waals surface area contributed by atoms with Gasteiger partial charge in [0.1, 0.15) is 17.2 Å². The molecule has 1 aromatic carbocycles. The van der Waals surface area contributed by atoms with Gasteiger partial charge in [0.25, 0.3) is 0 Å². The number of hydrogen-bond acceptors (Lipinski definition) is 7. The Morgan fingerprint density at radius 3 is 2.58 bits per heavy atom. The molecule has 1 fully saturated rings. The lowest BCUT2D eigenvalue weighted by Crippen LogP contribution is -2.39. The second-order valence-electron chi connectivity index (χ2n) is 9.37. The van der Waals surface area contributed by atoms with E-state index in [1.807, 2.05) is 10.6 Å². The molecule has 4 aromatic rings. The maximum Gasteiger partial charge on any atom is 0.573 e. The molecule has 0 saturated heterocycles. The average molecular weight is 524 g/mol. The fraction of sp³-hybridized carbons (Fsp3) is 0.333. The zero-order valence-corrected chi connectivity index (χ0v) is 20.8. The van der Waals surface area contributed by atoms with Crippen LogP contribution in [0.2, 0.25) is 0 Å². The van der Waals surface area contributed by atoms with Gasteiger partial charge in [-0.05, 0) is 57.4 Å². The zero-order valence-electron chi connectivity index (χ0n) is 20.8. The number of benzene rings is 1. The summed E-state index contributed by atoms with van der Waals surface area (Å²) in [5, 5.41) is 14.1. The van der Waals surface area contributed by atoms with Crippen molar-refractivity contribution in [2.45, 2.75) is 51.4 Å². The van der Waals surface area contributed by atoms with E-state index in [2.05, 4.69) is 20.7 Å². The number of carbonyl (C=O) groups excluding carboxylic acids is 1. The number of methoxy groups -OCH3 is 1. The number of aryl methyl sites for hydroxylation is 2. The highest BCUT2D eigenvalue weighted by atomic mass is 19.4. The van der Waals surface area contributed by atoms with Gasteiger partial charge in [-0.2, -0.15) is 5.26 Å². The molecule has 3 heterocycles. The average Bonchev–Trinajstić information content (AvgIpc) is 3.39. The quantitative estimate of drug-likeness (QED) is 0.267. The van der Waals surface area contributed by atoms with E-state index in [1.165, 1.54) is 12.1 Å². The van der Waals surface area contributed by atoms with Crippen molar-refractivity contribution in [3.05, 3.63) is 53.7 Å². The predicted molar refractivity (Wildman–Crippen MR) is 130 cm³/mol. The van der Waals surface area contributed by atoms with E-state index in [9.17, 15) is 23.2 Å². The van der Waals surface area contributed by atoms with Crippen molar-refractivity contribution < 1.29 is 32.0 Å². The third-order valence-electron chi connectivity index (χ3n) is 7.09. The fourth-order valence-corrected chi connectivity index (χ4v) is 5.15. The molecule has 0 radical (unpaired) electrons. The second kappa shape index (κ2) is 9.20. The number of aromatic nitrogens is 3. The number of fused-ring (bicyclic) bond motifs is 1. The number of nitrogens with zero attached hydrogens (tertiary/aromatic N) is 4. The molecule has 38 heavy (non-hydrogen) atoms. The molecular weight excluding hydrogens is 501 g/mol. The molecule has 196 valence electrons. The van der Waals surface area contributed by atoms with Gasteiger partial charge in [-0.15, -0.1) is 13.2 Å². The number of esters is 1. The van der Waals surface area contributed by atoms with Gasteiger partial charge in [-0.3, -0.25) is 0 Å². The summed E-state index contributed by atoms with van der Waals surface area (Å²) in [4.78, 5) is 16.8. The van der Waals surface area contributed by atoms with Gasteiger partial charge in [0.2, 0.25) is 0 Å². The van der Waals surface area contributed by atoms with Crippen molar-refractivity contribution in [1.29, 1.82) is 5.26 Å². The summed E-state index contributed by atoms with van der Waals surface area (Å²) in [6.07, 6.45) is 1.02. The van der Waals surface area contributed by atoms with Gasteiger partial charge in [0.15, 0.2) is 0 Å². The number of alkyl halides is 3. The third kappa shape index (κ3) is 4.26. The summed E-state index contributed by atoms with van der Waals surface area (Å²) in [7, 11) is 1.14. The van der Waals surface area contributed by atoms with Crippen LogP contribution in [0.25, 0.3) is 33.3 Å². The Bertz CT molecular complexity index is 1570. The highest BCUT2D eigenvalue weighted by molar-refractivity contribution is 5.99. The highest BCUT2D eigenvalue weighted by Crippen LogP contribution is 2.47. The third-order valence-corrected chi connectivity index (χ3v) is 7.09. The Morgan fingerprint density at radius 2 is 2.00 bits per heavy atom. The number of rotatable bonds is 6. The molecule has 1 aliphatic carbocycles. The molecule has 0 spiro atoms. The summed E-state index contributed by atoms with van der Waals surface area (Å²) < 4.78 is 56.6. The van der Waals surface area contributed by atoms with Crippen molar-refractivity contribution in [1.82, 2.24) is 14.7 Å². The van der Waals surface area contributed by atoms with E-state index in [0.29, 0.717) is 33.6 Å². The molecule has 1 saturated carbocycles. The minimum absolute atomic E-state index is 0.0892. The van der Waals surface area contributed by atoms with Crippen LogP contribution in [0.5, 0.6) is 5.75 Å². The van der Waals surface area contributed by atoms with Crippen molar-refractivity contribution in [2.24, 2.45) is 0 Å². The minimum atomic E-state index is -5.00. The molecule has 0 bridgehead atoms. The van der Waals surface area contributed by atoms with Crippen LogP contribution in [0.4, 0.5) is 13.2 Å². The standard InChI is InChI=1S/C27H23F3N4O4/c1-15-23(16(2)38-33-15)18-11-20-21(14-34(24(20)32-13-18)26(9-10-31)7-4-8-26)19-6-5-17(25(35)36-3)12-22(19)37-27(28,29)30/h5-6,11-14H,4,7-9H2,1-3H3. The summed E-state index contributed by atoms with van der Waals surface area (Å²) in [5.74, 6) is -0.769. The van der Waals surface area contributed by atoms with Crippen molar-refractivity contribution in [2.75, 3.05) is 7.11 Å². The van der Waals surface area contributed by atoms with Gasteiger partial charge in [0, 0.05) is 40.0 Å². The van der Waals surface area contributed by atoms with Crippen molar-refractivity contribution >= 4 is 17.0 Å². The molecular formula is C27H23F3N4O4. The first-order valence-electron chi connectivity index (χ1n) is 11.9. The maximum absolute atomic E-state index is 13.5. The van der Waals surface area contributed by atoms with E-state index >= 15 is 0 Å². The van der Waals surface area contributed by atoms with Crippen LogP contribution in [0.1, 0.15) is 47.5 Å². The number of hydrogen-bond donors (Lipinski definition) is 0. The summed E-state index contributed by atoms with van der Waals surface area (Å²) in [6, 6.07) is 7.86. The SMILES string of the molecule is COC(=O)c1ccc(-c2cn(C3(CC#N)CCC3)c3ncc(-c4c(C)noc4C)cc23)c(OC(F)(F)F)c1. The van der Waals surface area contributed by atoms with Gasteiger partial charge < -0.3 is 18.6 Å². The highest BCUT2D eigenvalue weighted by Gasteiger charge is 2.41. The summed E-state index contributed by atoms with van der Waals surface area (Å²) in [6.45, 7) is 3.56. The van der Waals surface area contributed by atoms with Gasteiger partial charge in [0.05, 0.1) is 36.4 Å². The van der Waals surface area contributed by atoms with Gasteiger partial charge in [-0.1, -0.05) is 5.16 Å². The largest absolute Gasteiger partial charge is 0.573 e. The monoisotopic (exact) mass is 524 g/mol. The fourth-order valence-electron chi connectivity index (χ4n) is 5.15. The van der Waals surface area contributed by atoms with Crippen molar-refractivity contribution in [3.63, 3.8) is 0 Å². The van der Waals surface area contributed by atoms with E-state index in [1.54, 1.807) is 26.2 Å². The number of nitriles is 1. The first kappa shape index (κ1) is 25.3. The molecule has 0 amide bonds. The molecule has 5 rings (SSSR count). The van der Waals surface area contributed by atoms with Gasteiger partial charge >= 0.3 is 12.3 Å². The van der Waals surface area contributed by atoms with E-state index in [4.69, 9.17) is 9.51 Å². The van der Waals surface area contributed by atoms with E-state index < -0.39 is 23.6 Å². The summed E-state index contributed by atoms with van der Waals surface area (Å²) >= 11 is 0. The molecule has 3 aromatic heterocycles. The van der Waals surface area contributed by atoms with Crippen LogP contribution >= 0.6 is 0 Å². The van der Waals surface area contributed by atoms with Crippen LogP contribution in [0.3, 0.4) is 0 Å². The lowest BCUT2D eigenvalue weighted by Gasteiger charge is -2.42.